The smallest absolute Gasteiger partial charge is 0.120 e. The Balaban J connectivity index is 2.36. The third-order valence-corrected chi connectivity index (χ3v) is 3.13. The Hall–Kier alpha value is -1.02. The van der Waals surface area contributed by atoms with Gasteiger partial charge in [-0.05, 0) is 49.8 Å². The highest BCUT2D eigenvalue weighted by atomic mass is 16.3. The molecule has 0 bridgehead atoms. The lowest BCUT2D eigenvalue weighted by Crippen LogP contribution is -2.12. The minimum atomic E-state index is 0.0225. The summed E-state index contributed by atoms with van der Waals surface area (Å²) in [4.78, 5) is 0. The van der Waals surface area contributed by atoms with Gasteiger partial charge in [-0.3, -0.25) is 0 Å². The number of hydrogen-bond acceptors (Lipinski definition) is 2. The molecule has 2 nitrogen and oxygen atoms in total. The summed E-state index contributed by atoms with van der Waals surface area (Å²) in [5, 5.41) is 9.78. The van der Waals surface area contributed by atoms with Gasteiger partial charge in [-0.25, -0.2) is 0 Å². The average Bonchev–Trinajstić information content (AvgIpc) is 2.93. The van der Waals surface area contributed by atoms with E-state index in [-0.39, 0.29) is 6.04 Å². The number of phenolic OH excluding ortho intramolecular Hbond substituents is 1. The van der Waals surface area contributed by atoms with Gasteiger partial charge in [0, 0.05) is 11.6 Å². The van der Waals surface area contributed by atoms with Crippen LogP contribution in [0.15, 0.2) is 12.1 Å². The topological polar surface area (TPSA) is 46.2 Å². The van der Waals surface area contributed by atoms with Crippen molar-refractivity contribution in [3.63, 3.8) is 0 Å². The van der Waals surface area contributed by atoms with E-state index in [1.54, 1.807) is 0 Å². The van der Waals surface area contributed by atoms with Crippen LogP contribution in [0.1, 0.15) is 35.6 Å². The number of aromatic hydroxyl groups is 1. The maximum atomic E-state index is 9.78. The zero-order chi connectivity index (χ0) is 10.3. The molecule has 2 heteroatoms. The first-order valence-corrected chi connectivity index (χ1v) is 5.15. The number of phenols is 1. The van der Waals surface area contributed by atoms with E-state index in [0.717, 1.165) is 11.1 Å². The van der Waals surface area contributed by atoms with E-state index in [1.165, 1.54) is 18.4 Å². The Morgan fingerprint density at radius 1 is 1.29 bits per heavy atom. The largest absolute Gasteiger partial charge is 0.508 e. The minimum absolute atomic E-state index is 0.0225. The van der Waals surface area contributed by atoms with E-state index in [9.17, 15) is 5.11 Å². The molecule has 2 rings (SSSR count). The van der Waals surface area contributed by atoms with Gasteiger partial charge >= 0.3 is 0 Å². The summed E-state index contributed by atoms with van der Waals surface area (Å²) >= 11 is 0. The Kier molecular flexibility index (Phi) is 2.23. The molecule has 1 aromatic carbocycles. The van der Waals surface area contributed by atoms with Crippen molar-refractivity contribution in [3.05, 3.63) is 28.8 Å². The van der Waals surface area contributed by atoms with E-state index in [2.05, 4.69) is 6.92 Å². The molecule has 0 aromatic heterocycles. The van der Waals surface area contributed by atoms with Crippen LogP contribution in [0.25, 0.3) is 0 Å². The first-order valence-electron chi connectivity index (χ1n) is 5.15. The molecule has 1 fully saturated rings. The maximum absolute atomic E-state index is 9.78. The molecule has 0 amide bonds. The van der Waals surface area contributed by atoms with E-state index >= 15 is 0 Å². The third kappa shape index (κ3) is 1.62. The van der Waals surface area contributed by atoms with Gasteiger partial charge < -0.3 is 10.8 Å². The molecule has 3 N–H and O–H groups in total. The lowest BCUT2D eigenvalue weighted by atomic mass is 9.97. The molecular weight excluding hydrogens is 174 g/mol. The Labute approximate surface area is 84.7 Å². The molecule has 1 atom stereocenters. The second-order valence-corrected chi connectivity index (χ2v) is 4.36. The number of nitrogens with two attached hydrogens (primary N) is 1. The van der Waals surface area contributed by atoms with Crippen LogP contribution in [0, 0.1) is 19.8 Å². The lowest BCUT2D eigenvalue weighted by Gasteiger charge is -2.14. The van der Waals surface area contributed by atoms with E-state index < -0.39 is 0 Å². The fourth-order valence-electron chi connectivity index (χ4n) is 1.80. The highest BCUT2D eigenvalue weighted by molar-refractivity contribution is 5.43. The van der Waals surface area contributed by atoms with E-state index in [4.69, 9.17) is 5.73 Å². The number of rotatable bonds is 2. The van der Waals surface area contributed by atoms with Crippen LogP contribution in [0.3, 0.4) is 0 Å². The van der Waals surface area contributed by atoms with Crippen LogP contribution in [0.5, 0.6) is 5.75 Å². The van der Waals surface area contributed by atoms with Crippen molar-refractivity contribution >= 4 is 0 Å². The van der Waals surface area contributed by atoms with Gasteiger partial charge in [0.15, 0.2) is 0 Å². The van der Waals surface area contributed by atoms with Gasteiger partial charge in [0.1, 0.15) is 5.75 Å². The monoisotopic (exact) mass is 191 g/mol. The molecular formula is C12H17NO. The molecule has 0 radical (unpaired) electrons. The lowest BCUT2D eigenvalue weighted by molar-refractivity contribution is 0.455. The summed E-state index contributed by atoms with van der Waals surface area (Å²) in [6.07, 6.45) is 2.40. The molecule has 1 aliphatic rings. The van der Waals surface area contributed by atoms with Crippen LogP contribution in [-0.4, -0.2) is 5.11 Å². The SMILES string of the molecule is Cc1cc(O)c(C(N)C2CC2)cc1C. The normalized spacial score (nSPS) is 18.2. The maximum Gasteiger partial charge on any atom is 0.120 e. The summed E-state index contributed by atoms with van der Waals surface area (Å²) < 4.78 is 0. The third-order valence-electron chi connectivity index (χ3n) is 3.13. The van der Waals surface area contributed by atoms with Crippen LogP contribution in [0.2, 0.25) is 0 Å². The summed E-state index contributed by atoms with van der Waals surface area (Å²) in [6, 6.07) is 3.86. The molecule has 1 aromatic rings. The van der Waals surface area contributed by atoms with E-state index in [0.29, 0.717) is 11.7 Å². The van der Waals surface area contributed by atoms with Gasteiger partial charge in [-0.15, -0.1) is 0 Å². The molecule has 0 spiro atoms. The second-order valence-electron chi connectivity index (χ2n) is 4.36. The summed E-state index contributed by atoms with van der Waals surface area (Å²) in [5.41, 5.74) is 9.30. The fourth-order valence-corrected chi connectivity index (χ4v) is 1.80. The molecule has 1 aliphatic carbocycles. The van der Waals surface area contributed by atoms with Gasteiger partial charge in [0.2, 0.25) is 0 Å². The quantitative estimate of drug-likeness (QED) is 0.754. The summed E-state index contributed by atoms with van der Waals surface area (Å²) in [6.45, 7) is 4.05. The van der Waals surface area contributed by atoms with Crippen molar-refractivity contribution < 1.29 is 5.11 Å². The van der Waals surface area contributed by atoms with Crippen molar-refractivity contribution in [2.24, 2.45) is 11.7 Å². The average molecular weight is 191 g/mol. The molecule has 0 saturated heterocycles. The highest BCUT2D eigenvalue weighted by Gasteiger charge is 2.31. The number of aryl methyl sites for hydroxylation is 2. The zero-order valence-electron chi connectivity index (χ0n) is 8.75. The Bertz CT molecular complexity index is 356. The van der Waals surface area contributed by atoms with Crippen LogP contribution < -0.4 is 5.73 Å². The van der Waals surface area contributed by atoms with Crippen LogP contribution >= 0.6 is 0 Å². The molecule has 1 saturated carbocycles. The first kappa shape index (κ1) is 9.53. The van der Waals surface area contributed by atoms with Crippen LogP contribution in [0.4, 0.5) is 0 Å². The first-order chi connectivity index (χ1) is 6.59. The molecule has 0 aliphatic heterocycles. The zero-order valence-corrected chi connectivity index (χ0v) is 8.75. The van der Waals surface area contributed by atoms with Gasteiger partial charge in [0.05, 0.1) is 0 Å². The van der Waals surface area contributed by atoms with Crippen molar-refractivity contribution in [2.75, 3.05) is 0 Å². The van der Waals surface area contributed by atoms with Gasteiger partial charge in [-0.2, -0.15) is 0 Å². The van der Waals surface area contributed by atoms with Gasteiger partial charge in [0.25, 0.3) is 0 Å². The van der Waals surface area contributed by atoms with Crippen molar-refractivity contribution in [3.8, 4) is 5.75 Å². The van der Waals surface area contributed by atoms with Crippen LogP contribution in [-0.2, 0) is 0 Å². The van der Waals surface area contributed by atoms with Crippen molar-refractivity contribution in [1.82, 2.24) is 0 Å². The molecule has 14 heavy (non-hydrogen) atoms. The Morgan fingerprint density at radius 2 is 1.86 bits per heavy atom. The fraction of sp³-hybridized carbons (Fsp3) is 0.500. The highest BCUT2D eigenvalue weighted by Crippen LogP contribution is 2.42. The minimum Gasteiger partial charge on any atom is -0.508 e. The molecule has 76 valence electrons. The molecule has 0 heterocycles. The van der Waals surface area contributed by atoms with Gasteiger partial charge in [-0.1, -0.05) is 6.07 Å². The predicted molar refractivity (Wildman–Crippen MR) is 57.2 cm³/mol. The predicted octanol–water partition coefficient (Wildman–Crippen LogP) is 2.42. The molecule has 1 unspecified atom stereocenters. The summed E-state index contributed by atoms with van der Waals surface area (Å²) in [7, 11) is 0. The van der Waals surface area contributed by atoms with Crippen molar-refractivity contribution in [2.45, 2.75) is 32.7 Å². The standard InChI is InChI=1S/C12H17NO/c1-7-5-10(11(14)6-8(7)2)12(13)9-3-4-9/h5-6,9,12,14H,3-4,13H2,1-2H3. The number of benzene rings is 1. The van der Waals surface area contributed by atoms with Crippen molar-refractivity contribution in [1.29, 1.82) is 0 Å². The number of hydrogen-bond donors (Lipinski definition) is 2. The second kappa shape index (κ2) is 3.28. The summed E-state index contributed by atoms with van der Waals surface area (Å²) in [5.74, 6) is 0.940. The van der Waals surface area contributed by atoms with E-state index in [1.807, 2.05) is 19.1 Å². The Morgan fingerprint density at radius 3 is 2.43 bits per heavy atom.